The molecule has 0 spiro atoms. The van der Waals surface area contributed by atoms with Gasteiger partial charge in [0.1, 0.15) is 5.82 Å². The van der Waals surface area contributed by atoms with Gasteiger partial charge in [0.05, 0.1) is 22.3 Å². The highest BCUT2D eigenvalue weighted by atomic mass is 19.4. The number of nitrogens with zero attached hydrogens (tertiary/aromatic N) is 3. The van der Waals surface area contributed by atoms with E-state index >= 15 is 0 Å². The van der Waals surface area contributed by atoms with Crippen molar-refractivity contribution in [1.82, 2.24) is 14.5 Å². The minimum atomic E-state index is -4.49. The van der Waals surface area contributed by atoms with Crippen molar-refractivity contribution < 1.29 is 13.2 Å². The fraction of sp³-hybridized carbons (Fsp3) is 0.152. The van der Waals surface area contributed by atoms with Gasteiger partial charge in [0.25, 0.3) is 0 Å². The average molecular weight is 522 g/mol. The molecule has 0 aliphatic carbocycles. The van der Waals surface area contributed by atoms with Crippen molar-refractivity contribution in [2.45, 2.75) is 32.4 Å². The average Bonchev–Trinajstić information content (AvgIpc) is 3.26. The number of aromatic nitrogens is 3. The molecule has 6 heteroatoms. The first-order chi connectivity index (χ1) is 18.6. The number of para-hydroxylation sites is 1. The van der Waals surface area contributed by atoms with Gasteiger partial charge in [0.2, 0.25) is 0 Å². The van der Waals surface area contributed by atoms with E-state index in [1.54, 1.807) is 13.8 Å². The maximum absolute atomic E-state index is 13.8. The van der Waals surface area contributed by atoms with E-state index in [4.69, 9.17) is 0 Å². The Morgan fingerprint density at radius 2 is 1.44 bits per heavy atom. The second-order valence-corrected chi connectivity index (χ2v) is 10.4. The third-order valence-corrected chi connectivity index (χ3v) is 7.43. The number of rotatable bonds is 4. The van der Waals surface area contributed by atoms with Gasteiger partial charge >= 0.3 is 6.18 Å². The molecule has 0 amide bonds. The van der Waals surface area contributed by atoms with E-state index in [1.165, 1.54) is 12.3 Å². The highest BCUT2D eigenvalue weighted by molar-refractivity contribution is 6.10. The lowest BCUT2D eigenvalue weighted by molar-refractivity contribution is -0.138. The number of hydrogen-bond acceptors (Lipinski definition) is 2. The summed E-state index contributed by atoms with van der Waals surface area (Å²) in [5.74, 6) is 0.836. The molecule has 0 aliphatic rings. The molecule has 0 radical (unpaired) electrons. The second kappa shape index (κ2) is 9.09. The normalized spacial score (nSPS) is 12.4. The number of benzene rings is 3. The predicted molar refractivity (Wildman–Crippen MR) is 150 cm³/mol. The van der Waals surface area contributed by atoms with Crippen LogP contribution in [0, 0.1) is 6.92 Å². The van der Waals surface area contributed by atoms with Crippen molar-refractivity contribution in [1.29, 1.82) is 0 Å². The minimum absolute atomic E-state index is 0.00995. The zero-order valence-electron chi connectivity index (χ0n) is 21.8. The zero-order valence-corrected chi connectivity index (χ0v) is 21.8. The highest BCUT2D eigenvalue weighted by Gasteiger charge is 2.39. The number of halogens is 3. The van der Waals surface area contributed by atoms with E-state index in [1.807, 2.05) is 55.6 Å². The molecule has 194 valence electrons. The Morgan fingerprint density at radius 3 is 2.23 bits per heavy atom. The van der Waals surface area contributed by atoms with Gasteiger partial charge < -0.3 is 0 Å². The molecule has 3 aromatic carbocycles. The van der Waals surface area contributed by atoms with Gasteiger partial charge in [0, 0.05) is 28.6 Å². The lowest BCUT2D eigenvalue weighted by atomic mass is 9.78. The van der Waals surface area contributed by atoms with Gasteiger partial charge in [-0.2, -0.15) is 13.2 Å². The van der Waals surface area contributed by atoms with Crippen LogP contribution >= 0.6 is 0 Å². The number of alkyl halides is 3. The summed E-state index contributed by atoms with van der Waals surface area (Å²) in [6.07, 6.45) is -1.25. The van der Waals surface area contributed by atoms with Crippen molar-refractivity contribution in [2.24, 2.45) is 0 Å². The molecule has 3 aromatic heterocycles. The Hall–Kier alpha value is -4.45. The summed E-state index contributed by atoms with van der Waals surface area (Å²) in [4.78, 5) is 8.84. The molecule has 0 saturated heterocycles. The van der Waals surface area contributed by atoms with Crippen molar-refractivity contribution in [3.05, 3.63) is 126 Å². The molecule has 6 rings (SSSR count). The summed E-state index contributed by atoms with van der Waals surface area (Å²) in [7, 11) is 0. The third-order valence-electron chi connectivity index (χ3n) is 7.43. The fourth-order valence-corrected chi connectivity index (χ4v) is 5.40. The second-order valence-electron chi connectivity index (χ2n) is 10.4. The van der Waals surface area contributed by atoms with Crippen LogP contribution in [-0.4, -0.2) is 14.5 Å². The topological polar surface area (TPSA) is 30.7 Å². The molecule has 0 saturated carbocycles. The summed E-state index contributed by atoms with van der Waals surface area (Å²) >= 11 is 0. The lowest BCUT2D eigenvalue weighted by Crippen LogP contribution is -2.25. The molecular formula is C33H26F3N3. The van der Waals surface area contributed by atoms with Crippen LogP contribution in [0.3, 0.4) is 0 Å². The SMILES string of the molecule is Cc1ccnc(-n2c3ccccc3c3ccc(-c4cccc(C(C)(C)c5ncccc5C(F)(F)F)c4)cc32)c1. The third kappa shape index (κ3) is 4.26. The molecule has 0 bridgehead atoms. The maximum Gasteiger partial charge on any atom is 0.418 e. The quantitative estimate of drug-likeness (QED) is 0.232. The Labute approximate surface area is 224 Å². The number of pyridine rings is 2. The molecule has 0 fully saturated rings. The first kappa shape index (κ1) is 24.9. The van der Waals surface area contributed by atoms with Gasteiger partial charge in [-0.05, 0) is 65.6 Å². The van der Waals surface area contributed by atoms with Gasteiger partial charge in [-0.15, -0.1) is 0 Å². The van der Waals surface area contributed by atoms with Crippen LogP contribution in [0.2, 0.25) is 0 Å². The summed E-state index contributed by atoms with van der Waals surface area (Å²) in [6.45, 7) is 5.62. The summed E-state index contributed by atoms with van der Waals surface area (Å²) in [5, 5.41) is 2.24. The largest absolute Gasteiger partial charge is 0.418 e. The molecule has 0 N–H and O–H groups in total. The van der Waals surface area contributed by atoms with Crippen molar-refractivity contribution in [3.63, 3.8) is 0 Å². The molecule has 0 unspecified atom stereocenters. The van der Waals surface area contributed by atoms with Gasteiger partial charge in [-0.25, -0.2) is 4.98 Å². The first-order valence-corrected chi connectivity index (χ1v) is 12.7. The van der Waals surface area contributed by atoms with Gasteiger partial charge in [-0.3, -0.25) is 9.55 Å². The van der Waals surface area contributed by atoms with Crippen LogP contribution in [0.1, 0.15) is 36.2 Å². The van der Waals surface area contributed by atoms with Crippen LogP contribution < -0.4 is 0 Å². The number of hydrogen-bond donors (Lipinski definition) is 0. The van der Waals surface area contributed by atoms with Crippen LogP contribution in [0.25, 0.3) is 38.8 Å². The molecule has 3 nitrogen and oxygen atoms in total. The number of fused-ring (bicyclic) bond motifs is 3. The molecule has 3 heterocycles. The summed E-state index contributed by atoms with van der Waals surface area (Å²) < 4.78 is 43.7. The smallest absolute Gasteiger partial charge is 0.294 e. The number of aryl methyl sites for hydroxylation is 1. The molecule has 6 aromatic rings. The van der Waals surface area contributed by atoms with E-state index in [9.17, 15) is 13.2 Å². The van der Waals surface area contributed by atoms with E-state index in [2.05, 4.69) is 50.9 Å². The first-order valence-electron chi connectivity index (χ1n) is 12.7. The van der Waals surface area contributed by atoms with Crippen LogP contribution in [0.15, 0.2) is 103 Å². The van der Waals surface area contributed by atoms with E-state index in [-0.39, 0.29) is 5.69 Å². The van der Waals surface area contributed by atoms with Crippen LogP contribution in [0.4, 0.5) is 13.2 Å². The zero-order chi connectivity index (χ0) is 27.4. The predicted octanol–water partition coefficient (Wildman–Crippen LogP) is 8.89. The highest BCUT2D eigenvalue weighted by Crippen LogP contribution is 2.41. The van der Waals surface area contributed by atoms with Gasteiger partial charge in [0.15, 0.2) is 0 Å². The monoisotopic (exact) mass is 521 g/mol. The molecular weight excluding hydrogens is 495 g/mol. The van der Waals surface area contributed by atoms with E-state index in [0.717, 1.165) is 55.9 Å². The molecule has 0 aliphatic heterocycles. The van der Waals surface area contributed by atoms with Crippen molar-refractivity contribution >= 4 is 21.8 Å². The maximum atomic E-state index is 13.8. The fourth-order valence-electron chi connectivity index (χ4n) is 5.40. The van der Waals surface area contributed by atoms with E-state index < -0.39 is 17.2 Å². The minimum Gasteiger partial charge on any atom is -0.294 e. The molecule has 39 heavy (non-hydrogen) atoms. The van der Waals surface area contributed by atoms with Crippen LogP contribution in [-0.2, 0) is 11.6 Å². The van der Waals surface area contributed by atoms with Crippen molar-refractivity contribution in [2.75, 3.05) is 0 Å². The molecule has 0 atom stereocenters. The Kier molecular flexibility index (Phi) is 5.79. The summed E-state index contributed by atoms with van der Waals surface area (Å²) in [5.41, 5.74) is 4.16. The van der Waals surface area contributed by atoms with E-state index in [0.29, 0.717) is 0 Å². The standard InChI is InChI=1S/C33H26F3N3/c1-21-15-17-37-30(18-21)39-28-12-5-4-10-25(28)26-14-13-23(20-29(26)39)22-8-6-9-24(19-22)32(2,3)31-27(33(34,35)36)11-7-16-38-31/h4-20H,1-3H3. The summed E-state index contributed by atoms with van der Waals surface area (Å²) in [6, 6.07) is 28.7. The Bertz CT molecular complexity index is 1850. The van der Waals surface area contributed by atoms with Gasteiger partial charge in [-0.1, -0.05) is 68.4 Å². The van der Waals surface area contributed by atoms with Crippen LogP contribution in [0.5, 0.6) is 0 Å². The lowest BCUT2D eigenvalue weighted by Gasteiger charge is -2.28. The Balaban J connectivity index is 1.52. The van der Waals surface area contributed by atoms with Crippen molar-refractivity contribution in [3.8, 4) is 16.9 Å². The Morgan fingerprint density at radius 1 is 0.667 bits per heavy atom.